The molecule has 7 aromatic carbocycles. The molecule has 4 nitrogen and oxygen atoms in total. The van der Waals surface area contributed by atoms with E-state index in [0.717, 1.165) is 33.6 Å². The van der Waals surface area contributed by atoms with Crippen LogP contribution in [0.5, 0.6) is 0 Å². The molecule has 0 saturated heterocycles. The van der Waals surface area contributed by atoms with Crippen LogP contribution in [0.3, 0.4) is 0 Å². The Morgan fingerprint density at radius 2 is 1.02 bits per heavy atom. The third-order valence-electron chi connectivity index (χ3n) is 8.41. The van der Waals surface area contributed by atoms with Gasteiger partial charge in [-0.3, -0.25) is 5.10 Å². The lowest BCUT2D eigenvalue weighted by Crippen LogP contribution is -1.91. The maximum Gasteiger partial charge on any atom is 0.181 e. The summed E-state index contributed by atoms with van der Waals surface area (Å²) in [6.07, 6.45) is 0. The van der Waals surface area contributed by atoms with Gasteiger partial charge in [0.2, 0.25) is 0 Å². The van der Waals surface area contributed by atoms with Gasteiger partial charge in [0.25, 0.3) is 0 Å². The SMILES string of the molecule is N#Cc1ccc(-c2ccc(-c3cc4ccccc4cc3-c3ccc(-c4nc(-c5ccccc5)n[nH]4)cc3)c3ccccc23)cc1. The van der Waals surface area contributed by atoms with E-state index in [1.807, 2.05) is 54.6 Å². The van der Waals surface area contributed by atoms with Crippen LogP contribution in [0.2, 0.25) is 0 Å². The summed E-state index contributed by atoms with van der Waals surface area (Å²) in [5, 5.41) is 21.6. The van der Waals surface area contributed by atoms with E-state index in [9.17, 15) is 5.26 Å². The summed E-state index contributed by atoms with van der Waals surface area (Å²) in [5.41, 5.74) is 9.50. The molecule has 45 heavy (non-hydrogen) atoms. The number of benzene rings is 7. The van der Waals surface area contributed by atoms with Gasteiger partial charge in [-0.1, -0.05) is 127 Å². The Kier molecular flexibility index (Phi) is 6.48. The Hall–Kier alpha value is -6.31. The Bertz CT molecular complexity index is 2360. The predicted molar refractivity (Wildman–Crippen MR) is 183 cm³/mol. The summed E-state index contributed by atoms with van der Waals surface area (Å²) >= 11 is 0. The second kappa shape index (κ2) is 11.1. The average Bonchev–Trinajstić information content (AvgIpc) is 3.62. The minimum absolute atomic E-state index is 0.659. The van der Waals surface area contributed by atoms with E-state index in [0.29, 0.717) is 11.4 Å². The maximum absolute atomic E-state index is 9.29. The minimum atomic E-state index is 0.659. The number of hydrogen-bond acceptors (Lipinski definition) is 3. The Morgan fingerprint density at radius 3 is 1.73 bits per heavy atom. The fourth-order valence-corrected chi connectivity index (χ4v) is 6.13. The lowest BCUT2D eigenvalue weighted by Gasteiger charge is -2.17. The Balaban J connectivity index is 1.25. The molecule has 4 heteroatoms. The predicted octanol–water partition coefficient (Wildman–Crippen LogP) is 10.3. The van der Waals surface area contributed by atoms with Gasteiger partial charge in [0.1, 0.15) is 0 Å². The topological polar surface area (TPSA) is 65.4 Å². The van der Waals surface area contributed by atoms with E-state index in [4.69, 9.17) is 4.98 Å². The lowest BCUT2D eigenvalue weighted by atomic mass is 9.87. The van der Waals surface area contributed by atoms with Crippen LogP contribution < -0.4 is 0 Å². The highest BCUT2D eigenvalue weighted by Gasteiger charge is 2.16. The van der Waals surface area contributed by atoms with Crippen LogP contribution in [0.1, 0.15) is 5.56 Å². The molecule has 8 aromatic rings. The third kappa shape index (κ3) is 4.83. The first-order chi connectivity index (χ1) is 22.2. The Morgan fingerprint density at radius 1 is 0.467 bits per heavy atom. The van der Waals surface area contributed by atoms with Crippen molar-refractivity contribution in [3.05, 3.63) is 157 Å². The van der Waals surface area contributed by atoms with Gasteiger partial charge in [0, 0.05) is 11.1 Å². The number of rotatable bonds is 5. The van der Waals surface area contributed by atoms with Gasteiger partial charge in [-0.25, -0.2) is 4.98 Å². The minimum Gasteiger partial charge on any atom is -0.259 e. The molecule has 0 saturated carbocycles. The number of nitriles is 1. The molecule has 1 aromatic heterocycles. The summed E-state index contributed by atoms with van der Waals surface area (Å²) in [6.45, 7) is 0. The number of aromatic nitrogens is 3. The van der Waals surface area contributed by atoms with Crippen LogP contribution in [0.4, 0.5) is 0 Å². The normalized spacial score (nSPS) is 11.1. The van der Waals surface area contributed by atoms with Crippen molar-refractivity contribution in [2.75, 3.05) is 0 Å². The molecule has 0 aliphatic rings. The molecule has 1 heterocycles. The number of nitrogens with one attached hydrogen (secondary N) is 1. The first kappa shape index (κ1) is 26.3. The monoisotopic (exact) mass is 574 g/mol. The van der Waals surface area contributed by atoms with Crippen molar-refractivity contribution in [3.63, 3.8) is 0 Å². The van der Waals surface area contributed by atoms with Gasteiger partial charge in [-0.15, -0.1) is 0 Å². The molecule has 1 N–H and O–H groups in total. The van der Waals surface area contributed by atoms with Crippen molar-refractivity contribution in [2.45, 2.75) is 0 Å². The maximum atomic E-state index is 9.29. The first-order valence-corrected chi connectivity index (χ1v) is 14.9. The number of nitrogens with zero attached hydrogens (tertiary/aromatic N) is 3. The van der Waals surface area contributed by atoms with Gasteiger partial charge in [0.05, 0.1) is 11.6 Å². The highest BCUT2D eigenvalue weighted by molar-refractivity contribution is 6.08. The standard InChI is InChI=1S/C41H26N4/c42-26-27-14-16-28(17-15-27)34-22-23-37(36-13-7-6-12-35(34)36)39-25-33-11-5-4-10-32(33)24-38(39)29-18-20-31(21-19-29)41-43-40(44-45-41)30-8-2-1-3-9-30/h1-25H,(H,43,44,45). The highest BCUT2D eigenvalue weighted by Crippen LogP contribution is 2.42. The van der Waals surface area contributed by atoms with Crippen LogP contribution >= 0.6 is 0 Å². The number of H-pyrrole nitrogens is 1. The number of hydrogen-bond donors (Lipinski definition) is 1. The molecule has 0 radical (unpaired) electrons. The van der Waals surface area contributed by atoms with Crippen LogP contribution in [-0.2, 0) is 0 Å². The number of aromatic amines is 1. The third-order valence-corrected chi connectivity index (χ3v) is 8.41. The summed E-state index contributed by atoms with van der Waals surface area (Å²) in [4.78, 5) is 4.75. The summed E-state index contributed by atoms with van der Waals surface area (Å²) in [6, 6.07) is 54.7. The van der Waals surface area contributed by atoms with Gasteiger partial charge in [-0.2, -0.15) is 10.4 Å². The van der Waals surface area contributed by atoms with E-state index in [-0.39, 0.29) is 0 Å². The Labute approximate surface area is 260 Å². The van der Waals surface area contributed by atoms with Crippen molar-refractivity contribution in [2.24, 2.45) is 0 Å². The van der Waals surface area contributed by atoms with Crippen LogP contribution in [0, 0.1) is 11.3 Å². The van der Waals surface area contributed by atoms with Crippen LogP contribution in [-0.4, -0.2) is 15.2 Å². The fraction of sp³-hybridized carbons (Fsp3) is 0. The molecule has 0 amide bonds. The molecule has 210 valence electrons. The molecular formula is C41H26N4. The molecule has 8 rings (SSSR count). The molecule has 0 aliphatic carbocycles. The summed E-state index contributed by atoms with van der Waals surface area (Å²) in [5.74, 6) is 1.42. The van der Waals surface area contributed by atoms with Crippen molar-refractivity contribution in [1.29, 1.82) is 5.26 Å². The molecule has 0 aliphatic heterocycles. The molecule has 0 bridgehead atoms. The zero-order valence-corrected chi connectivity index (χ0v) is 24.3. The van der Waals surface area contributed by atoms with Gasteiger partial charge < -0.3 is 0 Å². The zero-order valence-electron chi connectivity index (χ0n) is 24.3. The largest absolute Gasteiger partial charge is 0.259 e. The molecule has 0 spiro atoms. The van der Waals surface area contributed by atoms with Crippen molar-refractivity contribution in [3.8, 4) is 62.2 Å². The molecule has 0 fully saturated rings. The van der Waals surface area contributed by atoms with E-state index in [2.05, 4.69) is 113 Å². The number of fused-ring (bicyclic) bond motifs is 2. The van der Waals surface area contributed by atoms with Crippen LogP contribution in [0.25, 0.3) is 77.7 Å². The van der Waals surface area contributed by atoms with E-state index in [1.54, 1.807) is 0 Å². The highest BCUT2D eigenvalue weighted by atomic mass is 15.2. The lowest BCUT2D eigenvalue weighted by molar-refractivity contribution is 1.10. The smallest absolute Gasteiger partial charge is 0.181 e. The van der Waals surface area contributed by atoms with E-state index in [1.165, 1.54) is 38.2 Å². The van der Waals surface area contributed by atoms with Gasteiger partial charge in [-0.05, 0) is 79.2 Å². The van der Waals surface area contributed by atoms with E-state index >= 15 is 0 Å². The average molecular weight is 575 g/mol. The van der Waals surface area contributed by atoms with Gasteiger partial charge in [0.15, 0.2) is 11.6 Å². The van der Waals surface area contributed by atoms with Crippen molar-refractivity contribution < 1.29 is 0 Å². The quantitative estimate of drug-likeness (QED) is 0.222. The van der Waals surface area contributed by atoms with E-state index < -0.39 is 0 Å². The first-order valence-electron chi connectivity index (χ1n) is 14.9. The van der Waals surface area contributed by atoms with Gasteiger partial charge >= 0.3 is 0 Å². The molecule has 0 unspecified atom stereocenters. The van der Waals surface area contributed by atoms with Crippen LogP contribution in [0.15, 0.2) is 152 Å². The summed E-state index contributed by atoms with van der Waals surface area (Å²) in [7, 11) is 0. The van der Waals surface area contributed by atoms with Crippen molar-refractivity contribution >= 4 is 21.5 Å². The summed E-state index contributed by atoms with van der Waals surface area (Å²) < 4.78 is 0. The second-order valence-electron chi connectivity index (χ2n) is 11.1. The second-order valence-corrected chi connectivity index (χ2v) is 11.1. The van der Waals surface area contributed by atoms with Crippen molar-refractivity contribution in [1.82, 2.24) is 15.2 Å². The molecule has 0 atom stereocenters. The fourth-order valence-electron chi connectivity index (χ4n) is 6.13. The zero-order chi connectivity index (χ0) is 30.2. The molecular weight excluding hydrogens is 548 g/mol.